The summed E-state index contributed by atoms with van der Waals surface area (Å²) in [4.78, 5) is 0. The van der Waals surface area contributed by atoms with Gasteiger partial charge in [-0.15, -0.1) is 0 Å². The quantitative estimate of drug-likeness (QED) is 0.473. The smallest absolute Gasteiger partial charge is 0.124 e. The third-order valence-corrected chi connectivity index (χ3v) is 4.03. The fourth-order valence-electron chi connectivity index (χ4n) is 2.95. The Labute approximate surface area is 130 Å². The first-order chi connectivity index (χ1) is 9.90. The minimum Gasteiger partial charge on any atom is -0.490 e. The Hall–Kier alpha value is -0.540. The number of hydrogen-bond acceptors (Lipinski definition) is 3. The number of hydrogen-bond donors (Lipinski definition) is 1. The van der Waals surface area contributed by atoms with Crippen molar-refractivity contribution in [2.75, 3.05) is 13.2 Å². The lowest BCUT2D eigenvalue weighted by molar-refractivity contribution is -0.0587. The van der Waals surface area contributed by atoms with Gasteiger partial charge in [0, 0.05) is 13.2 Å². The number of unbranched alkanes of at least 4 members (excludes halogenated alkanes) is 5. The van der Waals surface area contributed by atoms with Crippen LogP contribution in [0, 0.1) is 0 Å². The Morgan fingerprint density at radius 1 is 1.14 bits per heavy atom. The van der Waals surface area contributed by atoms with E-state index in [1.54, 1.807) is 0 Å². The molecule has 3 heteroatoms. The van der Waals surface area contributed by atoms with Gasteiger partial charge in [-0.25, -0.2) is 0 Å². The summed E-state index contributed by atoms with van der Waals surface area (Å²) >= 11 is 0. The standard InChI is InChI=1S/C18H34O3/c1-16(21-17(2,3)4)18(13-11-15-20-18)12-9-7-5-6-8-10-14-19/h19H,1,5-15H2,2-4H3. The molecule has 1 rings (SSSR count). The molecule has 1 heterocycles. The van der Waals surface area contributed by atoms with Crippen molar-refractivity contribution >= 4 is 0 Å². The van der Waals surface area contributed by atoms with Gasteiger partial charge in [0.25, 0.3) is 0 Å². The summed E-state index contributed by atoms with van der Waals surface area (Å²) in [6, 6.07) is 0. The van der Waals surface area contributed by atoms with E-state index in [1.165, 1.54) is 19.3 Å². The first-order valence-electron chi connectivity index (χ1n) is 8.53. The fourth-order valence-corrected chi connectivity index (χ4v) is 2.95. The van der Waals surface area contributed by atoms with Crippen LogP contribution in [0.3, 0.4) is 0 Å². The average molecular weight is 298 g/mol. The van der Waals surface area contributed by atoms with E-state index in [9.17, 15) is 0 Å². The topological polar surface area (TPSA) is 38.7 Å². The van der Waals surface area contributed by atoms with Crippen LogP contribution in [-0.4, -0.2) is 29.5 Å². The number of rotatable bonds is 10. The Morgan fingerprint density at radius 2 is 1.76 bits per heavy atom. The Balaban J connectivity index is 2.34. The van der Waals surface area contributed by atoms with Crippen LogP contribution in [0.2, 0.25) is 0 Å². The molecule has 0 amide bonds. The van der Waals surface area contributed by atoms with Crippen molar-refractivity contribution in [3.8, 4) is 0 Å². The van der Waals surface area contributed by atoms with Gasteiger partial charge in [-0.3, -0.25) is 0 Å². The highest BCUT2D eigenvalue weighted by Gasteiger charge is 2.40. The molecular formula is C18H34O3. The highest BCUT2D eigenvalue weighted by molar-refractivity contribution is 5.09. The molecule has 124 valence electrons. The zero-order valence-corrected chi connectivity index (χ0v) is 14.2. The lowest BCUT2D eigenvalue weighted by Gasteiger charge is -2.34. The number of aliphatic hydroxyl groups is 1. The third-order valence-electron chi connectivity index (χ3n) is 4.03. The first kappa shape index (κ1) is 18.5. The minimum absolute atomic E-state index is 0.208. The van der Waals surface area contributed by atoms with E-state index in [2.05, 4.69) is 27.4 Å². The fraction of sp³-hybridized carbons (Fsp3) is 0.889. The third kappa shape index (κ3) is 6.84. The van der Waals surface area contributed by atoms with Gasteiger partial charge in [0.15, 0.2) is 0 Å². The first-order valence-corrected chi connectivity index (χ1v) is 8.53. The van der Waals surface area contributed by atoms with Gasteiger partial charge in [-0.05, 0) is 46.5 Å². The second-order valence-corrected chi connectivity index (χ2v) is 7.18. The van der Waals surface area contributed by atoms with Gasteiger partial charge in [0.1, 0.15) is 17.0 Å². The molecule has 0 aromatic carbocycles. The van der Waals surface area contributed by atoms with Gasteiger partial charge >= 0.3 is 0 Å². The molecule has 1 unspecified atom stereocenters. The van der Waals surface area contributed by atoms with Crippen molar-refractivity contribution < 1.29 is 14.6 Å². The molecule has 1 saturated heterocycles. The molecule has 1 fully saturated rings. The minimum atomic E-state index is -0.252. The summed E-state index contributed by atoms with van der Waals surface area (Å²) < 4.78 is 12.0. The predicted octanol–water partition coefficient (Wildman–Crippen LogP) is 4.59. The van der Waals surface area contributed by atoms with Gasteiger partial charge in [-0.1, -0.05) is 38.7 Å². The summed E-state index contributed by atoms with van der Waals surface area (Å²) in [5.74, 6) is 0.813. The van der Waals surface area contributed by atoms with E-state index in [0.29, 0.717) is 6.61 Å². The zero-order valence-electron chi connectivity index (χ0n) is 14.2. The predicted molar refractivity (Wildman–Crippen MR) is 87.3 cm³/mol. The van der Waals surface area contributed by atoms with Crippen molar-refractivity contribution in [1.82, 2.24) is 0 Å². The number of aliphatic hydroxyl groups excluding tert-OH is 1. The molecule has 0 aromatic rings. The zero-order chi connectivity index (χ0) is 15.8. The largest absolute Gasteiger partial charge is 0.490 e. The van der Waals surface area contributed by atoms with Crippen LogP contribution in [-0.2, 0) is 9.47 Å². The Morgan fingerprint density at radius 3 is 2.29 bits per heavy atom. The van der Waals surface area contributed by atoms with Crippen molar-refractivity contribution in [3.63, 3.8) is 0 Å². The van der Waals surface area contributed by atoms with E-state index in [0.717, 1.165) is 50.9 Å². The molecule has 1 atom stereocenters. The maximum absolute atomic E-state index is 8.76. The van der Waals surface area contributed by atoms with Crippen LogP contribution in [0.1, 0.15) is 78.6 Å². The number of ether oxygens (including phenoxy) is 2. The average Bonchev–Trinajstić information content (AvgIpc) is 2.86. The van der Waals surface area contributed by atoms with Gasteiger partial charge < -0.3 is 14.6 Å². The molecular weight excluding hydrogens is 264 g/mol. The van der Waals surface area contributed by atoms with Crippen molar-refractivity contribution in [3.05, 3.63) is 12.3 Å². The van der Waals surface area contributed by atoms with Crippen molar-refractivity contribution in [2.45, 2.75) is 89.8 Å². The van der Waals surface area contributed by atoms with Crippen LogP contribution < -0.4 is 0 Å². The summed E-state index contributed by atoms with van der Waals surface area (Å²) in [5.41, 5.74) is -0.460. The van der Waals surface area contributed by atoms with Gasteiger partial charge in [0.05, 0.1) is 0 Å². The second-order valence-electron chi connectivity index (χ2n) is 7.18. The lowest BCUT2D eigenvalue weighted by atomic mass is 9.90. The van der Waals surface area contributed by atoms with Crippen molar-refractivity contribution in [2.24, 2.45) is 0 Å². The van der Waals surface area contributed by atoms with E-state index in [1.807, 2.05) is 0 Å². The molecule has 0 radical (unpaired) electrons. The summed E-state index contributed by atoms with van der Waals surface area (Å²) in [5, 5.41) is 8.76. The van der Waals surface area contributed by atoms with E-state index >= 15 is 0 Å². The van der Waals surface area contributed by atoms with Crippen LogP contribution >= 0.6 is 0 Å². The molecule has 1 aliphatic rings. The lowest BCUT2D eigenvalue weighted by Crippen LogP contribution is -2.35. The molecule has 1 aliphatic heterocycles. The maximum atomic E-state index is 8.76. The van der Waals surface area contributed by atoms with Gasteiger partial charge in [-0.2, -0.15) is 0 Å². The Kier molecular flexibility index (Phi) is 7.75. The van der Waals surface area contributed by atoms with E-state index in [-0.39, 0.29) is 11.2 Å². The van der Waals surface area contributed by atoms with E-state index < -0.39 is 0 Å². The Bertz CT molecular complexity index is 298. The van der Waals surface area contributed by atoms with Gasteiger partial charge in [0.2, 0.25) is 0 Å². The monoisotopic (exact) mass is 298 g/mol. The highest BCUT2D eigenvalue weighted by Crippen LogP contribution is 2.39. The van der Waals surface area contributed by atoms with Crippen LogP contribution in [0.25, 0.3) is 0 Å². The normalized spacial score (nSPS) is 22.5. The molecule has 0 bridgehead atoms. The second kappa shape index (κ2) is 8.79. The summed E-state index contributed by atoms with van der Waals surface area (Å²) in [6.45, 7) is 11.5. The molecule has 21 heavy (non-hydrogen) atoms. The van der Waals surface area contributed by atoms with Crippen molar-refractivity contribution in [1.29, 1.82) is 0 Å². The molecule has 0 spiro atoms. The van der Waals surface area contributed by atoms with Crippen LogP contribution in [0.15, 0.2) is 12.3 Å². The summed E-state index contributed by atoms with van der Waals surface area (Å²) in [6.07, 6.45) is 10.1. The molecule has 0 aromatic heterocycles. The summed E-state index contributed by atoms with van der Waals surface area (Å²) in [7, 11) is 0. The molecule has 0 saturated carbocycles. The van der Waals surface area contributed by atoms with Crippen LogP contribution in [0.4, 0.5) is 0 Å². The SMILES string of the molecule is C=C(OC(C)(C)C)C1(CCCCCCCCO)CCCO1. The van der Waals surface area contributed by atoms with E-state index in [4.69, 9.17) is 14.6 Å². The highest BCUT2D eigenvalue weighted by atomic mass is 16.6. The van der Waals surface area contributed by atoms with Crippen LogP contribution in [0.5, 0.6) is 0 Å². The molecule has 0 aliphatic carbocycles. The maximum Gasteiger partial charge on any atom is 0.124 e. The molecule has 1 N–H and O–H groups in total. The molecule has 3 nitrogen and oxygen atoms in total.